The molecule has 1 unspecified atom stereocenters. The van der Waals surface area contributed by atoms with Gasteiger partial charge in [-0.3, -0.25) is 19.9 Å². The summed E-state index contributed by atoms with van der Waals surface area (Å²) < 4.78 is 0. The summed E-state index contributed by atoms with van der Waals surface area (Å²) in [4.78, 5) is 35.8. The van der Waals surface area contributed by atoms with Gasteiger partial charge in [-0.2, -0.15) is 0 Å². The summed E-state index contributed by atoms with van der Waals surface area (Å²) in [6, 6.07) is -0.928. The molecule has 0 aromatic rings. The van der Waals surface area contributed by atoms with Gasteiger partial charge in [-0.1, -0.05) is 0 Å². The first-order chi connectivity index (χ1) is 6.49. The van der Waals surface area contributed by atoms with Crippen LogP contribution < -0.4 is 10.6 Å². The minimum Gasteiger partial charge on any atom is -0.341 e. The van der Waals surface area contributed by atoms with Crippen molar-refractivity contribution in [3.8, 4) is 0 Å². The van der Waals surface area contributed by atoms with E-state index in [1.165, 1.54) is 21.1 Å². The van der Waals surface area contributed by atoms with Gasteiger partial charge in [0.25, 0.3) is 5.91 Å². The summed E-state index contributed by atoms with van der Waals surface area (Å²) >= 11 is 0. The molecule has 0 aliphatic carbocycles. The van der Waals surface area contributed by atoms with E-state index < -0.39 is 24.1 Å². The van der Waals surface area contributed by atoms with Crippen molar-refractivity contribution in [3.63, 3.8) is 0 Å². The lowest BCUT2D eigenvalue weighted by atomic mass is 10.4. The maximum atomic E-state index is 11.3. The zero-order chi connectivity index (χ0) is 10.9. The SMILES string of the molecule is CNC(=O)N(C)C1C(=O)NC(=O)N1C. The fraction of sp³-hybridized carbons (Fsp3) is 0.571. The molecule has 2 N–H and O–H groups in total. The van der Waals surface area contributed by atoms with E-state index in [-0.39, 0.29) is 0 Å². The van der Waals surface area contributed by atoms with Gasteiger partial charge in [0.2, 0.25) is 0 Å². The van der Waals surface area contributed by atoms with Gasteiger partial charge in [0.1, 0.15) is 0 Å². The lowest BCUT2D eigenvalue weighted by Crippen LogP contribution is -2.51. The van der Waals surface area contributed by atoms with Crippen molar-refractivity contribution in [2.75, 3.05) is 21.1 Å². The Morgan fingerprint density at radius 3 is 2.50 bits per heavy atom. The van der Waals surface area contributed by atoms with E-state index in [1.807, 2.05) is 0 Å². The van der Waals surface area contributed by atoms with Crippen LogP contribution in [0.2, 0.25) is 0 Å². The van der Waals surface area contributed by atoms with Crippen LogP contribution in [0, 0.1) is 0 Å². The first kappa shape index (κ1) is 10.3. The maximum absolute atomic E-state index is 11.3. The van der Waals surface area contributed by atoms with Crippen LogP contribution in [0.1, 0.15) is 0 Å². The number of amides is 5. The molecule has 1 fully saturated rings. The predicted octanol–water partition coefficient (Wildman–Crippen LogP) is -1.23. The van der Waals surface area contributed by atoms with Gasteiger partial charge in [0.15, 0.2) is 6.17 Å². The highest BCUT2D eigenvalue weighted by Gasteiger charge is 2.40. The van der Waals surface area contributed by atoms with E-state index in [0.29, 0.717) is 0 Å². The number of hydrogen-bond acceptors (Lipinski definition) is 3. The van der Waals surface area contributed by atoms with Crippen LogP contribution in [0.15, 0.2) is 0 Å². The number of urea groups is 2. The Labute approximate surface area is 81.0 Å². The van der Waals surface area contributed by atoms with Crippen molar-refractivity contribution in [2.45, 2.75) is 6.17 Å². The highest BCUT2D eigenvalue weighted by atomic mass is 16.2. The van der Waals surface area contributed by atoms with Crippen molar-refractivity contribution < 1.29 is 14.4 Å². The van der Waals surface area contributed by atoms with Crippen molar-refractivity contribution in [2.24, 2.45) is 0 Å². The highest BCUT2D eigenvalue weighted by molar-refractivity contribution is 6.04. The van der Waals surface area contributed by atoms with Gasteiger partial charge < -0.3 is 5.32 Å². The molecule has 0 aromatic carbocycles. The Bertz CT molecular complexity index is 291. The van der Waals surface area contributed by atoms with Crippen LogP contribution in [0.3, 0.4) is 0 Å². The molecule has 0 aromatic heterocycles. The van der Waals surface area contributed by atoms with Crippen LogP contribution >= 0.6 is 0 Å². The molecule has 1 atom stereocenters. The van der Waals surface area contributed by atoms with E-state index >= 15 is 0 Å². The number of nitrogens with zero attached hydrogens (tertiary/aromatic N) is 2. The van der Waals surface area contributed by atoms with E-state index in [0.717, 1.165) is 9.80 Å². The topological polar surface area (TPSA) is 81.8 Å². The molecule has 14 heavy (non-hydrogen) atoms. The van der Waals surface area contributed by atoms with Gasteiger partial charge in [-0.15, -0.1) is 0 Å². The third-order valence-electron chi connectivity index (χ3n) is 2.05. The number of imide groups is 1. The average molecular weight is 200 g/mol. The van der Waals surface area contributed by atoms with Crippen molar-refractivity contribution in [1.29, 1.82) is 0 Å². The second-order valence-corrected chi connectivity index (χ2v) is 2.95. The summed E-state index contributed by atoms with van der Waals surface area (Å²) in [6.07, 6.45) is -0.873. The van der Waals surface area contributed by atoms with Gasteiger partial charge in [-0.25, -0.2) is 9.59 Å². The van der Waals surface area contributed by atoms with Crippen LogP contribution in [-0.2, 0) is 4.79 Å². The predicted molar refractivity (Wildman–Crippen MR) is 47.3 cm³/mol. The number of nitrogens with one attached hydrogen (secondary N) is 2. The molecular formula is C7H12N4O3. The van der Waals surface area contributed by atoms with Gasteiger partial charge in [0, 0.05) is 21.1 Å². The Hall–Kier alpha value is -1.79. The van der Waals surface area contributed by atoms with Crippen LogP contribution in [-0.4, -0.2) is 55.1 Å². The zero-order valence-electron chi connectivity index (χ0n) is 8.20. The number of rotatable bonds is 1. The molecule has 0 radical (unpaired) electrons. The molecule has 0 spiro atoms. The van der Waals surface area contributed by atoms with Crippen molar-refractivity contribution >= 4 is 18.0 Å². The normalized spacial score (nSPS) is 20.8. The molecule has 0 saturated carbocycles. The van der Waals surface area contributed by atoms with Gasteiger partial charge >= 0.3 is 12.1 Å². The van der Waals surface area contributed by atoms with E-state index in [4.69, 9.17) is 0 Å². The first-order valence-corrected chi connectivity index (χ1v) is 4.01. The molecule has 1 aliphatic rings. The smallest absolute Gasteiger partial charge is 0.325 e. The van der Waals surface area contributed by atoms with Crippen LogP contribution in [0.5, 0.6) is 0 Å². The van der Waals surface area contributed by atoms with Gasteiger partial charge in [0.05, 0.1) is 0 Å². The highest BCUT2D eigenvalue weighted by Crippen LogP contribution is 2.09. The molecule has 0 bridgehead atoms. The van der Waals surface area contributed by atoms with E-state index in [1.54, 1.807) is 0 Å². The molecule has 1 rings (SSSR count). The molecular weight excluding hydrogens is 188 g/mol. The molecule has 7 nitrogen and oxygen atoms in total. The fourth-order valence-electron chi connectivity index (χ4n) is 1.27. The van der Waals surface area contributed by atoms with E-state index in [2.05, 4.69) is 10.6 Å². The average Bonchev–Trinajstić information content (AvgIpc) is 2.39. The maximum Gasteiger partial charge on any atom is 0.325 e. The quantitative estimate of drug-likeness (QED) is 0.520. The Kier molecular flexibility index (Phi) is 2.59. The molecule has 1 aliphatic heterocycles. The largest absolute Gasteiger partial charge is 0.341 e. The fourth-order valence-corrected chi connectivity index (χ4v) is 1.27. The standard InChI is InChI=1S/C7H12N4O3/c1-8-6(13)10(2)5-4(12)9-7(14)11(5)3/h5H,1-3H3,(H,8,13)(H,9,12,14). The summed E-state index contributed by atoms with van der Waals surface area (Å²) in [5.41, 5.74) is 0. The molecule has 1 heterocycles. The van der Waals surface area contributed by atoms with Crippen LogP contribution in [0.4, 0.5) is 9.59 Å². The van der Waals surface area contributed by atoms with Gasteiger partial charge in [-0.05, 0) is 0 Å². The minimum atomic E-state index is -0.873. The molecule has 7 heteroatoms. The molecule has 5 amide bonds. The molecule has 1 saturated heterocycles. The minimum absolute atomic E-state index is 0.424. The second-order valence-electron chi connectivity index (χ2n) is 2.95. The Balaban J connectivity index is 2.82. The van der Waals surface area contributed by atoms with Crippen molar-refractivity contribution in [3.05, 3.63) is 0 Å². The van der Waals surface area contributed by atoms with Crippen molar-refractivity contribution in [1.82, 2.24) is 20.4 Å². The summed E-state index contributed by atoms with van der Waals surface area (Å²) in [5.74, 6) is -0.497. The second kappa shape index (κ2) is 3.52. The summed E-state index contributed by atoms with van der Waals surface area (Å²) in [7, 11) is 4.34. The number of carbonyl (C=O) groups excluding carboxylic acids is 3. The van der Waals surface area contributed by atoms with Crippen LogP contribution in [0.25, 0.3) is 0 Å². The Morgan fingerprint density at radius 2 is 2.14 bits per heavy atom. The van der Waals surface area contributed by atoms with E-state index in [9.17, 15) is 14.4 Å². The number of likely N-dealkylation sites (N-methyl/N-ethyl adjacent to an activating group) is 2. The third-order valence-corrected chi connectivity index (χ3v) is 2.05. The third kappa shape index (κ3) is 1.48. The lowest BCUT2D eigenvalue weighted by Gasteiger charge is -2.26. The first-order valence-electron chi connectivity index (χ1n) is 4.01. The lowest BCUT2D eigenvalue weighted by molar-refractivity contribution is -0.124. The number of carbonyl (C=O) groups is 3. The monoisotopic (exact) mass is 200 g/mol. The summed E-state index contributed by atoms with van der Waals surface area (Å²) in [6.45, 7) is 0. The molecule has 78 valence electrons. The Morgan fingerprint density at radius 1 is 1.57 bits per heavy atom. The zero-order valence-corrected chi connectivity index (χ0v) is 8.20. The number of hydrogen-bond donors (Lipinski definition) is 2. The summed E-state index contributed by atoms with van der Waals surface area (Å²) in [5, 5.41) is 4.47.